The first-order valence-electron chi connectivity index (χ1n) is 11.9. The van der Waals surface area contributed by atoms with Crippen molar-refractivity contribution in [3.8, 4) is 33.2 Å². The van der Waals surface area contributed by atoms with Crippen LogP contribution in [0.2, 0.25) is 0 Å². The van der Waals surface area contributed by atoms with E-state index >= 15 is 4.39 Å². The van der Waals surface area contributed by atoms with E-state index < -0.39 is 5.82 Å². The fourth-order valence-electron chi connectivity index (χ4n) is 4.23. The van der Waals surface area contributed by atoms with Crippen LogP contribution in [0.25, 0.3) is 55.3 Å². The van der Waals surface area contributed by atoms with Gasteiger partial charge in [-0.25, -0.2) is 14.4 Å². The van der Waals surface area contributed by atoms with E-state index in [1.165, 1.54) is 24.7 Å². The number of unbranched alkanes of at least 4 members (excludes halogenated alkanes) is 1. The summed E-state index contributed by atoms with van der Waals surface area (Å²) in [5, 5.41) is 9.78. The third-order valence-corrected chi connectivity index (χ3v) is 6.96. The van der Waals surface area contributed by atoms with Crippen molar-refractivity contribution < 1.29 is 13.6 Å². The Morgan fingerprint density at radius 3 is 2.82 bits per heavy atom. The highest BCUT2D eigenvalue weighted by Crippen LogP contribution is 2.35. The number of carbonyl (C=O) groups is 1. The van der Waals surface area contributed by atoms with Gasteiger partial charge in [-0.15, -0.1) is 11.3 Å². The molecule has 0 bridgehead atoms. The second kappa shape index (κ2) is 9.71. The van der Waals surface area contributed by atoms with Crippen molar-refractivity contribution in [2.45, 2.75) is 26.2 Å². The van der Waals surface area contributed by atoms with E-state index in [2.05, 4.69) is 40.4 Å². The summed E-state index contributed by atoms with van der Waals surface area (Å²) in [6.45, 7) is 2.01. The molecule has 38 heavy (non-hydrogen) atoms. The number of aromatic amines is 2. The Balaban J connectivity index is 1.41. The van der Waals surface area contributed by atoms with Crippen molar-refractivity contribution in [1.82, 2.24) is 35.1 Å². The van der Waals surface area contributed by atoms with Gasteiger partial charge in [0.1, 0.15) is 11.4 Å². The lowest BCUT2D eigenvalue weighted by Crippen LogP contribution is -2.11. The van der Waals surface area contributed by atoms with E-state index in [4.69, 9.17) is 0 Å². The first-order valence-corrected chi connectivity index (χ1v) is 12.7. The van der Waals surface area contributed by atoms with Gasteiger partial charge in [-0.2, -0.15) is 9.49 Å². The van der Waals surface area contributed by atoms with E-state index in [1.54, 1.807) is 24.4 Å². The second-order valence-corrected chi connectivity index (χ2v) is 9.68. The normalized spacial score (nSPS) is 11.4. The number of nitrogens with one attached hydrogen (secondary N) is 3. The van der Waals surface area contributed by atoms with Gasteiger partial charge < -0.3 is 10.3 Å². The van der Waals surface area contributed by atoms with Gasteiger partial charge in [0.15, 0.2) is 22.4 Å². The van der Waals surface area contributed by atoms with Crippen molar-refractivity contribution in [1.29, 1.82) is 0 Å². The van der Waals surface area contributed by atoms with Crippen LogP contribution < -0.4 is 5.32 Å². The molecule has 0 aliphatic rings. The second-order valence-electron chi connectivity index (χ2n) is 8.64. The first-order chi connectivity index (χ1) is 18.5. The molecule has 0 aromatic carbocycles. The molecule has 0 aliphatic heterocycles. The van der Waals surface area contributed by atoms with Gasteiger partial charge in [-0.3, -0.25) is 19.9 Å². The van der Waals surface area contributed by atoms with Gasteiger partial charge in [-0.1, -0.05) is 13.3 Å². The SMILES string of the molecule is CCCCC(=O)Nc1cncc(-c2ncc3[nH]nc(-c4nc5nccc(-c6ccc(F)s6)c5[nH]4)c3c2F)c1. The van der Waals surface area contributed by atoms with Crippen LogP contribution >= 0.6 is 11.3 Å². The van der Waals surface area contributed by atoms with E-state index in [9.17, 15) is 9.18 Å². The number of aromatic nitrogens is 7. The maximum Gasteiger partial charge on any atom is 0.224 e. The standard InChI is InChI=1S/C26H20F2N8OS/c1-2-3-4-19(37)32-14-9-13(10-29-11-14)22-21(28)20-16(12-31-22)35-36-24(20)26-33-23-15(7-8-30-25(23)34-26)17-5-6-18(27)38-17/h5-12H,2-4H2,1H3,(H,32,37)(H,35,36)(H,30,33,34). The van der Waals surface area contributed by atoms with Crippen molar-refractivity contribution in [2.75, 3.05) is 5.32 Å². The summed E-state index contributed by atoms with van der Waals surface area (Å²) in [4.78, 5) is 33.3. The number of imidazole rings is 1. The Hall–Kier alpha value is -4.58. The Morgan fingerprint density at radius 2 is 2.00 bits per heavy atom. The number of pyridine rings is 3. The summed E-state index contributed by atoms with van der Waals surface area (Å²) in [7, 11) is 0. The number of fused-ring (bicyclic) bond motifs is 2. The Bertz CT molecular complexity index is 1810. The summed E-state index contributed by atoms with van der Waals surface area (Å²) in [5.41, 5.74) is 3.26. The largest absolute Gasteiger partial charge is 0.335 e. The molecule has 0 spiro atoms. The molecule has 0 unspecified atom stereocenters. The quantitative estimate of drug-likeness (QED) is 0.229. The maximum absolute atomic E-state index is 16.0. The van der Waals surface area contributed by atoms with Crippen LogP contribution in [0, 0.1) is 10.9 Å². The van der Waals surface area contributed by atoms with Crippen molar-refractivity contribution >= 4 is 45.0 Å². The number of hydrogen-bond acceptors (Lipinski definition) is 7. The Morgan fingerprint density at radius 1 is 1.11 bits per heavy atom. The van der Waals surface area contributed by atoms with Crippen molar-refractivity contribution in [3.05, 3.63) is 60.0 Å². The molecule has 0 saturated carbocycles. The number of halogens is 2. The number of thiophene rings is 1. The zero-order chi connectivity index (χ0) is 26.2. The highest BCUT2D eigenvalue weighted by Gasteiger charge is 2.22. The summed E-state index contributed by atoms with van der Waals surface area (Å²) >= 11 is 1.01. The van der Waals surface area contributed by atoms with E-state index in [-0.39, 0.29) is 27.8 Å². The van der Waals surface area contributed by atoms with Crippen LogP contribution in [0.4, 0.5) is 14.5 Å². The minimum Gasteiger partial charge on any atom is -0.335 e. The molecule has 0 radical (unpaired) electrons. The number of nitrogens with zero attached hydrogens (tertiary/aromatic N) is 5. The molecule has 6 heterocycles. The molecule has 9 nitrogen and oxygen atoms in total. The van der Waals surface area contributed by atoms with Crippen LogP contribution in [-0.4, -0.2) is 41.0 Å². The predicted molar refractivity (Wildman–Crippen MR) is 141 cm³/mol. The highest BCUT2D eigenvalue weighted by atomic mass is 32.1. The molecule has 3 N–H and O–H groups in total. The van der Waals surface area contributed by atoms with Crippen LogP contribution in [0.15, 0.2) is 49.1 Å². The summed E-state index contributed by atoms with van der Waals surface area (Å²) in [6, 6.07) is 6.48. The van der Waals surface area contributed by atoms with Crippen LogP contribution in [0.5, 0.6) is 0 Å². The Labute approximate surface area is 218 Å². The molecular formula is C26H20F2N8OS. The topological polar surface area (TPSA) is 125 Å². The van der Waals surface area contributed by atoms with Gasteiger partial charge in [0.05, 0.1) is 34.5 Å². The van der Waals surface area contributed by atoms with Crippen LogP contribution in [0.1, 0.15) is 26.2 Å². The number of amides is 1. The molecule has 1 amide bonds. The third kappa shape index (κ3) is 4.28. The lowest BCUT2D eigenvalue weighted by Gasteiger charge is -2.08. The predicted octanol–water partition coefficient (Wildman–Crippen LogP) is 6.09. The van der Waals surface area contributed by atoms with Gasteiger partial charge in [0, 0.05) is 34.8 Å². The molecule has 6 aromatic heterocycles. The zero-order valence-corrected chi connectivity index (χ0v) is 20.9. The van der Waals surface area contributed by atoms with Gasteiger partial charge in [-0.05, 0) is 30.7 Å². The van der Waals surface area contributed by atoms with Crippen LogP contribution in [-0.2, 0) is 4.79 Å². The van der Waals surface area contributed by atoms with Crippen molar-refractivity contribution in [3.63, 3.8) is 0 Å². The summed E-state index contributed by atoms with van der Waals surface area (Å²) in [5.74, 6) is -0.444. The number of rotatable bonds is 7. The molecule has 190 valence electrons. The average molecular weight is 531 g/mol. The number of hydrogen-bond donors (Lipinski definition) is 3. The van der Waals surface area contributed by atoms with Crippen molar-refractivity contribution in [2.24, 2.45) is 0 Å². The monoisotopic (exact) mass is 530 g/mol. The molecule has 6 aromatic rings. The Kier molecular flexibility index (Phi) is 6.08. The molecule has 0 fully saturated rings. The number of anilines is 1. The number of H-pyrrole nitrogens is 2. The smallest absolute Gasteiger partial charge is 0.224 e. The van der Waals surface area contributed by atoms with E-state index in [0.29, 0.717) is 45.1 Å². The maximum atomic E-state index is 16.0. The molecule has 0 saturated heterocycles. The molecule has 6 rings (SSSR count). The van der Waals surface area contributed by atoms with E-state index in [0.717, 1.165) is 29.7 Å². The summed E-state index contributed by atoms with van der Waals surface area (Å²) < 4.78 is 29.6. The molecular weight excluding hydrogens is 510 g/mol. The fourth-order valence-corrected chi connectivity index (χ4v) is 5.00. The summed E-state index contributed by atoms with van der Waals surface area (Å²) in [6.07, 6.45) is 8.14. The zero-order valence-electron chi connectivity index (χ0n) is 20.0. The molecule has 12 heteroatoms. The van der Waals surface area contributed by atoms with Crippen LogP contribution in [0.3, 0.4) is 0 Å². The fraction of sp³-hybridized carbons (Fsp3) is 0.154. The third-order valence-electron chi connectivity index (χ3n) is 6.05. The van der Waals surface area contributed by atoms with Gasteiger partial charge in [0.2, 0.25) is 5.91 Å². The average Bonchev–Trinajstić information content (AvgIpc) is 3.65. The van der Waals surface area contributed by atoms with Gasteiger partial charge in [0.25, 0.3) is 0 Å². The lowest BCUT2D eigenvalue weighted by atomic mass is 10.1. The molecule has 0 aliphatic carbocycles. The minimum absolute atomic E-state index is 0.0568. The minimum atomic E-state index is -0.614. The van der Waals surface area contributed by atoms with E-state index in [1.807, 2.05) is 6.92 Å². The lowest BCUT2D eigenvalue weighted by molar-refractivity contribution is -0.116. The number of carbonyl (C=O) groups excluding carboxylic acids is 1. The molecule has 0 atom stereocenters. The van der Waals surface area contributed by atoms with Gasteiger partial charge >= 0.3 is 0 Å². The first kappa shape index (κ1) is 23.8. The highest BCUT2D eigenvalue weighted by molar-refractivity contribution is 7.14.